The highest BCUT2D eigenvalue weighted by molar-refractivity contribution is 6.30. The summed E-state index contributed by atoms with van der Waals surface area (Å²) in [5, 5.41) is 3.19. The van der Waals surface area contributed by atoms with Crippen LogP contribution >= 0.6 is 11.6 Å². The minimum Gasteiger partial charge on any atom is -0.462 e. The van der Waals surface area contributed by atoms with E-state index in [4.69, 9.17) is 16.3 Å². The monoisotopic (exact) mass is 295 g/mol. The first-order valence-electron chi connectivity index (χ1n) is 6.18. The number of amides is 1. The van der Waals surface area contributed by atoms with Crippen molar-refractivity contribution in [2.45, 2.75) is 20.8 Å². The molecule has 0 unspecified atom stereocenters. The molecule has 5 heteroatoms. The second-order valence-corrected chi connectivity index (χ2v) is 5.93. The second kappa shape index (κ2) is 7.10. The molecule has 1 aromatic rings. The number of benzene rings is 1. The van der Waals surface area contributed by atoms with Gasteiger partial charge in [0.1, 0.15) is 0 Å². The summed E-state index contributed by atoms with van der Waals surface area (Å²) in [6.07, 6.45) is 2.25. The Labute approximate surface area is 123 Å². The molecule has 1 amide bonds. The van der Waals surface area contributed by atoms with Crippen molar-refractivity contribution in [1.29, 1.82) is 0 Å². The van der Waals surface area contributed by atoms with Gasteiger partial charge in [-0.15, -0.1) is 0 Å². The van der Waals surface area contributed by atoms with Gasteiger partial charge in [-0.2, -0.15) is 0 Å². The highest BCUT2D eigenvalue weighted by Gasteiger charge is 2.12. The molecule has 0 radical (unpaired) electrons. The lowest BCUT2D eigenvalue weighted by Crippen LogP contribution is -2.17. The Morgan fingerprint density at radius 2 is 1.80 bits per heavy atom. The summed E-state index contributed by atoms with van der Waals surface area (Å²) >= 11 is 5.73. The first-order valence-corrected chi connectivity index (χ1v) is 6.55. The number of ether oxygens (including phenoxy) is 1. The van der Waals surface area contributed by atoms with Crippen LogP contribution in [0.3, 0.4) is 0 Å². The van der Waals surface area contributed by atoms with E-state index in [2.05, 4.69) is 5.32 Å². The summed E-state index contributed by atoms with van der Waals surface area (Å²) in [7, 11) is 0. The van der Waals surface area contributed by atoms with Gasteiger partial charge in [-0.1, -0.05) is 32.4 Å². The Bertz CT molecular complexity index is 501. The molecule has 4 nitrogen and oxygen atoms in total. The van der Waals surface area contributed by atoms with E-state index in [1.807, 2.05) is 20.8 Å². The number of anilines is 1. The van der Waals surface area contributed by atoms with Gasteiger partial charge in [0, 0.05) is 22.9 Å². The predicted molar refractivity (Wildman–Crippen MR) is 79.6 cm³/mol. The molecule has 0 aliphatic rings. The van der Waals surface area contributed by atoms with Crippen LogP contribution in [0.5, 0.6) is 0 Å². The number of rotatable bonds is 4. The van der Waals surface area contributed by atoms with Crippen molar-refractivity contribution < 1.29 is 14.3 Å². The van der Waals surface area contributed by atoms with Crippen molar-refractivity contribution in [3.63, 3.8) is 0 Å². The van der Waals surface area contributed by atoms with E-state index in [-0.39, 0.29) is 5.41 Å². The fraction of sp³-hybridized carbons (Fsp3) is 0.333. The van der Waals surface area contributed by atoms with Gasteiger partial charge in [0.05, 0.1) is 6.61 Å². The number of carbonyl (C=O) groups is 2. The smallest absolute Gasteiger partial charge is 0.330 e. The second-order valence-electron chi connectivity index (χ2n) is 5.50. The van der Waals surface area contributed by atoms with E-state index < -0.39 is 11.9 Å². The van der Waals surface area contributed by atoms with E-state index in [0.29, 0.717) is 17.3 Å². The van der Waals surface area contributed by atoms with Gasteiger partial charge in [0.15, 0.2) is 0 Å². The number of carbonyl (C=O) groups excluding carboxylic acids is 2. The molecule has 0 aliphatic heterocycles. The van der Waals surface area contributed by atoms with Crippen molar-refractivity contribution >= 4 is 29.2 Å². The molecule has 108 valence electrons. The molecule has 1 N–H and O–H groups in total. The SMILES string of the molecule is CC(C)(C)COC(=O)/C=C/C(=O)Nc1ccc(Cl)cc1. The average molecular weight is 296 g/mol. The highest BCUT2D eigenvalue weighted by Crippen LogP contribution is 2.14. The molecule has 0 spiro atoms. The summed E-state index contributed by atoms with van der Waals surface area (Å²) in [4.78, 5) is 22.9. The van der Waals surface area contributed by atoms with Gasteiger partial charge < -0.3 is 10.1 Å². The number of halogens is 1. The molecular weight excluding hydrogens is 278 g/mol. The standard InChI is InChI=1S/C15H18ClNO3/c1-15(2,3)10-20-14(19)9-8-13(18)17-12-6-4-11(16)5-7-12/h4-9H,10H2,1-3H3,(H,17,18)/b9-8+. The van der Waals surface area contributed by atoms with Crippen LogP contribution in [-0.2, 0) is 14.3 Å². The van der Waals surface area contributed by atoms with Crippen LogP contribution in [0.2, 0.25) is 5.02 Å². The van der Waals surface area contributed by atoms with Crippen LogP contribution in [0.25, 0.3) is 0 Å². The summed E-state index contributed by atoms with van der Waals surface area (Å²) in [5.74, 6) is -0.939. The summed E-state index contributed by atoms with van der Waals surface area (Å²) in [6, 6.07) is 6.68. The highest BCUT2D eigenvalue weighted by atomic mass is 35.5. The third kappa shape index (κ3) is 6.95. The Balaban J connectivity index is 2.43. The Morgan fingerprint density at radius 1 is 1.20 bits per heavy atom. The maximum absolute atomic E-state index is 11.6. The molecule has 0 bridgehead atoms. The molecule has 0 heterocycles. The Kier molecular flexibility index (Phi) is 5.77. The summed E-state index contributed by atoms with van der Waals surface area (Å²) < 4.78 is 5.00. The van der Waals surface area contributed by atoms with Crippen LogP contribution in [0.4, 0.5) is 5.69 Å². The number of hydrogen-bond donors (Lipinski definition) is 1. The molecule has 0 atom stereocenters. The zero-order valence-electron chi connectivity index (χ0n) is 11.8. The van der Waals surface area contributed by atoms with Crippen molar-refractivity contribution in [1.82, 2.24) is 0 Å². The lowest BCUT2D eigenvalue weighted by Gasteiger charge is -2.16. The number of nitrogens with one attached hydrogen (secondary N) is 1. The van der Waals surface area contributed by atoms with Crippen molar-refractivity contribution in [2.75, 3.05) is 11.9 Å². The van der Waals surface area contributed by atoms with Crippen LogP contribution in [0, 0.1) is 5.41 Å². The minimum absolute atomic E-state index is 0.102. The van der Waals surface area contributed by atoms with Gasteiger partial charge in [-0.3, -0.25) is 4.79 Å². The quantitative estimate of drug-likeness (QED) is 0.684. The molecule has 0 aliphatic carbocycles. The number of esters is 1. The fourth-order valence-corrected chi connectivity index (χ4v) is 1.32. The van der Waals surface area contributed by atoms with E-state index >= 15 is 0 Å². The van der Waals surface area contributed by atoms with E-state index in [0.717, 1.165) is 12.2 Å². The van der Waals surface area contributed by atoms with Gasteiger partial charge in [-0.05, 0) is 29.7 Å². The summed E-state index contributed by atoms with van der Waals surface area (Å²) in [6.45, 7) is 6.17. The molecule has 0 aromatic heterocycles. The van der Waals surface area contributed by atoms with Crippen molar-refractivity contribution in [2.24, 2.45) is 5.41 Å². The third-order valence-electron chi connectivity index (χ3n) is 2.13. The molecule has 20 heavy (non-hydrogen) atoms. The van der Waals surface area contributed by atoms with Crippen LogP contribution in [0.1, 0.15) is 20.8 Å². The predicted octanol–water partition coefficient (Wildman–Crippen LogP) is 3.42. The maximum atomic E-state index is 11.6. The topological polar surface area (TPSA) is 55.4 Å². The van der Waals surface area contributed by atoms with Crippen LogP contribution < -0.4 is 5.32 Å². The lowest BCUT2D eigenvalue weighted by atomic mass is 9.99. The van der Waals surface area contributed by atoms with Gasteiger partial charge in [0.25, 0.3) is 0 Å². The molecule has 1 rings (SSSR count). The third-order valence-corrected chi connectivity index (χ3v) is 2.38. The number of hydrogen-bond acceptors (Lipinski definition) is 3. The molecule has 0 saturated heterocycles. The van der Waals surface area contributed by atoms with Crippen LogP contribution in [-0.4, -0.2) is 18.5 Å². The molecule has 0 saturated carbocycles. The molecular formula is C15H18ClNO3. The van der Waals surface area contributed by atoms with E-state index in [9.17, 15) is 9.59 Å². The largest absolute Gasteiger partial charge is 0.462 e. The normalized spacial score (nSPS) is 11.4. The molecule has 0 fully saturated rings. The van der Waals surface area contributed by atoms with Gasteiger partial charge in [-0.25, -0.2) is 4.79 Å². The first kappa shape index (κ1) is 16.2. The van der Waals surface area contributed by atoms with Gasteiger partial charge in [0.2, 0.25) is 5.91 Å². The average Bonchev–Trinajstić information content (AvgIpc) is 2.36. The maximum Gasteiger partial charge on any atom is 0.330 e. The minimum atomic E-state index is -0.536. The molecule has 1 aromatic carbocycles. The van der Waals surface area contributed by atoms with E-state index in [1.165, 1.54) is 0 Å². The Hall–Kier alpha value is -1.81. The summed E-state index contributed by atoms with van der Waals surface area (Å²) in [5.41, 5.74) is 0.502. The first-order chi connectivity index (χ1) is 9.26. The zero-order valence-corrected chi connectivity index (χ0v) is 12.5. The fourth-order valence-electron chi connectivity index (χ4n) is 1.20. The van der Waals surface area contributed by atoms with Crippen molar-refractivity contribution in [3.8, 4) is 0 Å². The van der Waals surface area contributed by atoms with E-state index in [1.54, 1.807) is 24.3 Å². The zero-order chi connectivity index (χ0) is 15.2. The van der Waals surface area contributed by atoms with Crippen molar-refractivity contribution in [3.05, 3.63) is 41.4 Å². The van der Waals surface area contributed by atoms with Crippen LogP contribution in [0.15, 0.2) is 36.4 Å². The van der Waals surface area contributed by atoms with Gasteiger partial charge >= 0.3 is 5.97 Å². The Morgan fingerprint density at radius 3 is 2.35 bits per heavy atom. The lowest BCUT2D eigenvalue weighted by molar-refractivity contribution is -0.140.